The van der Waals surface area contributed by atoms with Crippen molar-refractivity contribution in [1.82, 2.24) is 26.1 Å². The highest BCUT2D eigenvalue weighted by atomic mass is 16.5. The average Bonchev–Trinajstić information content (AvgIpc) is 2.74. The molecule has 0 fully saturated rings. The molecule has 0 saturated carbocycles. The summed E-state index contributed by atoms with van der Waals surface area (Å²) in [4.78, 5) is 26.4. The fourth-order valence-corrected chi connectivity index (χ4v) is 1.21. The van der Waals surface area contributed by atoms with E-state index < -0.39 is 18.0 Å². The van der Waals surface area contributed by atoms with Crippen LogP contribution < -0.4 is 16.0 Å². The molecule has 100 valence electrons. The first-order valence-electron chi connectivity index (χ1n) is 5.58. The maximum atomic E-state index is 11.5. The number of nitrogens with one attached hydrogen (secondary N) is 3. The van der Waals surface area contributed by atoms with Crippen LogP contribution in [-0.4, -0.2) is 41.7 Å². The van der Waals surface area contributed by atoms with Gasteiger partial charge in [0.15, 0.2) is 5.82 Å². The van der Waals surface area contributed by atoms with Gasteiger partial charge in [0, 0.05) is 20.0 Å². The van der Waals surface area contributed by atoms with Gasteiger partial charge in [-0.15, -0.1) is 0 Å². The first-order chi connectivity index (χ1) is 8.52. The second-order valence-corrected chi connectivity index (χ2v) is 3.73. The Balaban J connectivity index is 2.26. The van der Waals surface area contributed by atoms with Crippen LogP contribution in [0.3, 0.4) is 0 Å². The lowest BCUT2D eigenvalue weighted by Crippen LogP contribution is -2.47. The van der Waals surface area contributed by atoms with Gasteiger partial charge in [-0.25, -0.2) is 4.79 Å². The number of carbonyl (C=O) groups excluding carboxylic acids is 2. The van der Waals surface area contributed by atoms with Crippen LogP contribution in [0, 0.1) is 6.92 Å². The van der Waals surface area contributed by atoms with Gasteiger partial charge < -0.3 is 15.2 Å². The van der Waals surface area contributed by atoms with Crippen LogP contribution in [-0.2, 0) is 11.2 Å². The van der Waals surface area contributed by atoms with Crippen LogP contribution in [0.25, 0.3) is 0 Å². The van der Waals surface area contributed by atoms with E-state index in [0.717, 1.165) is 0 Å². The van der Waals surface area contributed by atoms with Gasteiger partial charge in [-0.2, -0.15) is 4.98 Å². The van der Waals surface area contributed by atoms with E-state index in [2.05, 4.69) is 26.1 Å². The molecule has 3 amide bonds. The number of aromatic nitrogens is 2. The molecule has 0 aromatic carbocycles. The Morgan fingerprint density at radius 3 is 2.72 bits per heavy atom. The molecular weight excluding hydrogens is 238 g/mol. The monoisotopic (exact) mass is 255 g/mol. The Morgan fingerprint density at radius 1 is 1.44 bits per heavy atom. The molecule has 1 aromatic heterocycles. The zero-order valence-electron chi connectivity index (χ0n) is 10.6. The Morgan fingerprint density at radius 2 is 2.17 bits per heavy atom. The average molecular weight is 255 g/mol. The van der Waals surface area contributed by atoms with Crippen LogP contribution in [0.2, 0.25) is 0 Å². The molecule has 0 bridgehead atoms. The van der Waals surface area contributed by atoms with Crippen molar-refractivity contribution < 1.29 is 14.1 Å². The normalized spacial score (nSPS) is 11.9. The lowest BCUT2D eigenvalue weighted by atomic mass is 10.3. The topological polar surface area (TPSA) is 109 Å². The molecule has 18 heavy (non-hydrogen) atoms. The van der Waals surface area contributed by atoms with Gasteiger partial charge in [0.2, 0.25) is 11.8 Å². The summed E-state index contributed by atoms with van der Waals surface area (Å²) in [5, 5.41) is 11.1. The minimum atomic E-state index is -0.527. The van der Waals surface area contributed by atoms with Crippen molar-refractivity contribution >= 4 is 11.9 Å². The third kappa shape index (κ3) is 4.50. The van der Waals surface area contributed by atoms with Crippen molar-refractivity contribution in [2.45, 2.75) is 26.3 Å². The fraction of sp³-hybridized carbons (Fsp3) is 0.600. The second-order valence-electron chi connectivity index (χ2n) is 3.73. The van der Waals surface area contributed by atoms with Crippen molar-refractivity contribution in [2.24, 2.45) is 0 Å². The summed E-state index contributed by atoms with van der Waals surface area (Å²) < 4.78 is 4.92. The standard InChI is InChI=1S/C10H17N5O3/c1-6(9(16)14-10(17)11-3)12-5-4-8-13-7(2)15-18-8/h6,12H,4-5H2,1-3H3,(H2,11,14,16,17). The minimum absolute atomic E-state index is 0.393. The molecule has 8 heteroatoms. The van der Waals surface area contributed by atoms with Gasteiger partial charge in [0.25, 0.3) is 0 Å². The fourth-order valence-electron chi connectivity index (χ4n) is 1.21. The molecule has 0 spiro atoms. The Hall–Kier alpha value is -1.96. The van der Waals surface area contributed by atoms with Gasteiger partial charge >= 0.3 is 6.03 Å². The molecule has 0 aliphatic heterocycles. The first kappa shape index (κ1) is 14.1. The van der Waals surface area contributed by atoms with Crippen molar-refractivity contribution in [3.8, 4) is 0 Å². The molecule has 1 atom stereocenters. The van der Waals surface area contributed by atoms with Crippen LogP contribution in [0.4, 0.5) is 4.79 Å². The summed E-state index contributed by atoms with van der Waals surface area (Å²) >= 11 is 0. The van der Waals surface area contributed by atoms with Crippen LogP contribution in [0.1, 0.15) is 18.6 Å². The molecular formula is C10H17N5O3. The lowest BCUT2D eigenvalue weighted by molar-refractivity contribution is -0.121. The van der Waals surface area contributed by atoms with Gasteiger partial charge in [-0.3, -0.25) is 10.1 Å². The number of urea groups is 1. The molecule has 0 aliphatic rings. The molecule has 3 N–H and O–H groups in total. The molecule has 8 nitrogen and oxygen atoms in total. The molecule has 0 aliphatic carbocycles. The van der Waals surface area contributed by atoms with E-state index in [1.165, 1.54) is 7.05 Å². The zero-order chi connectivity index (χ0) is 13.5. The van der Waals surface area contributed by atoms with E-state index in [4.69, 9.17) is 4.52 Å². The summed E-state index contributed by atoms with van der Waals surface area (Å²) in [6, 6.07) is -1.01. The van der Waals surface area contributed by atoms with Crippen LogP contribution >= 0.6 is 0 Å². The summed E-state index contributed by atoms with van der Waals surface area (Å²) in [6.07, 6.45) is 0.526. The minimum Gasteiger partial charge on any atom is -0.341 e. The lowest BCUT2D eigenvalue weighted by Gasteiger charge is -2.12. The number of nitrogens with zero attached hydrogens (tertiary/aromatic N) is 2. The zero-order valence-corrected chi connectivity index (χ0v) is 10.6. The molecule has 1 rings (SSSR count). The van der Waals surface area contributed by atoms with Gasteiger partial charge in [-0.1, -0.05) is 5.16 Å². The third-order valence-corrected chi connectivity index (χ3v) is 2.22. The summed E-state index contributed by atoms with van der Waals surface area (Å²) in [5.41, 5.74) is 0. The molecule has 0 radical (unpaired) electrons. The van der Waals surface area contributed by atoms with E-state index in [1.807, 2.05) is 0 Å². The third-order valence-electron chi connectivity index (χ3n) is 2.22. The largest absolute Gasteiger partial charge is 0.341 e. The number of imide groups is 1. The Kier molecular flexibility index (Phi) is 5.25. The Labute approximate surface area is 105 Å². The van der Waals surface area contributed by atoms with E-state index in [9.17, 15) is 9.59 Å². The van der Waals surface area contributed by atoms with Crippen molar-refractivity contribution in [1.29, 1.82) is 0 Å². The van der Waals surface area contributed by atoms with E-state index in [-0.39, 0.29) is 0 Å². The predicted octanol–water partition coefficient (Wildman–Crippen LogP) is -0.646. The van der Waals surface area contributed by atoms with E-state index >= 15 is 0 Å². The van der Waals surface area contributed by atoms with Crippen molar-refractivity contribution in [3.05, 3.63) is 11.7 Å². The van der Waals surface area contributed by atoms with E-state index in [0.29, 0.717) is 24.7 Å². The van der Waals surface area contributed by atoms with Crippen molar-refractivity contribution in [3.63, 3.8) is 0 Å². The smallest absolute Gasteiger partial charge is 0.321 e. The number of aryl methyl sites for hydroxylation is 1. The van der Waals surface area contributed by atoms with Crippen molar-refractivity contribution in [2.75, 3.05) is 13.6 Å². The number of hydrogen-bond donors (Lipinski definition) is 3. The highest BCUT2D eigenvalue weighted by Gasteiger charge is 2.14. The molecule has 1 heterocycles. The predicted molar refractivity (Wildman–Crippen MR) is 62.8 cm³/mol. The number of amides is 3. The first-order valence-corrected chi connectivity index (χ1v) is 5.58. The van der Waals surface area contributed by atoms with Gasteiger partial charge in [-0.05, 0) is 13.8 Å². The van der Waals surface area contributed by atoms with Crippen LogP contribution in [0.15, 0.2) is 4.52 Å². The Bertz CT molecular complexity index is 417. The summed E-state index contributed by atoms with van der Waals surface area (Å²) in [7, 11) is 1.44. The van der Waals surface area contributed by atoms with Gasteiger partial charge in [0.1, 0.15) is 0 Å². The SMILES string of the molecule is CNC(=O)NC(=O)C(C)NCCc1nc(C)no1. The maximum absolute atomic E-state index is 11.5. The molecule has 1 unspecified atom stereocenters. The highest BCUT2D eigenvalue weighted by Crippen LogP contribution is 1.96. The molecule has 0 saturated heterocycles. The molecule has 1 aromatic rings. The number of hydrogen-bond acceptors (Lipinski definition) is 6. The van der Waals surface area contributed by atoms with Crippen LogP contribution in [0.5, 0.6) is 0 Å². The second kappa shape index (κ2) is 6.70. The number of rotatable bonds is 5. The quantitative estimate of drug-likeness (QED) is 0.645. The van der Waals surface area contributed by atoms with Gasteiger partial charge in [0.05, 0.1) is 6.04 Å². The summed E-state index contributed by atoms with van der Waals surface area (Å²) in [5.74, 6) is 0.699. The highest BCUT2D eigenvalue weighted by molar-refractivity contribution is 5.96. The van der Waals surface area contributed by atoms with E-state index in [1.54, 1.807) is 13.8 Å². The maximum Gasteiger partial charge on any atom is 0.321 e. The number of carbonyl (C=O) groups is 2. The summed E-state index contributed by atoms with van der Waals surface area (Å²) in [6.45, 7) is 3.90.